The molecule has 19 heavy (non-hydrogen) atoms. The molecule has 0 heterocycles. The predicted octanol–water partition coefficient (Wildman–Crippen LogP) is 0.201. The molecule has 0 saturated carbocycles. The molecule has 1 aromatic rings. The van der Waals surface area contributed by atoms with Crippen LogP contribution in [0.25, 0.3) is 0 Å². The molecule has 0 spiro atoms. The monoisotopic (exact) mass is 268 g/mol. The average molecular weight is 268 g/mol. The summed E-state index contributed by atoms with van der Waals surface area (Å²) in [5.41, 5.74) is 6.02. The topological polar surface area (TPSA) is 93.8 Å². The Balaban J connectivity index is 2.75. The van der Waals surface area contributed by atoms with E-state index in [1.54, 1.807) is 25.1 Å². The van der Waals surface area contributed by atoms with E-state index in [1.165, 1.54) is 14.2 Å². The molecule has 1 amide bonds. The average Bonchev–Trinajstić information content (AvgIpc) is 2.43. The number of methoxy groups -OCH3 is 2. The van der Waals surface area contributed by atoms with Crippen molar-refractivity contribution in [2.45, 2.75) is 19.1 Å². The van der Waals surface area contributed by atoms with Gasteiger partial charge in [-0.3, -0.25) is 4.79 Å². The summed E-state index contributed by atoms with van der Waals surface area (Å²) in [6.07, 6.45) is -0.855. The number of rotatable bonds is 6. The molecule has 6 nitrogen and oxygen atoms in total. The molecule has 0 saturated heterocycles. The highest BCUT2D eigenvalue weighted by molar-refractivity contribution is 5.80. The van der Waals surface area contributed by atoms with E-state index in [-0.39, 0.29) is 12.5 Å². The Hall–Kier alpha value is -1.79. The molecular formula is C13H20N2O4. The highest BCUT2D eigenvalue weighted by Crippen LogP contribution is 2.26. The Morgan fingerprint density at radius 1 is 1.32 bits per heavy atom. The Kier molecular flexibility index (Phi) is 5.59. The van der Waals surface area contributed by atoms with Crippen molar-refractivity contribution in [2.24, 2.45) is 5.73 Å². The lowest BCUT2D eigenvalue weighted by Crippen LogP contribution is -2.40. The Bertz CT molecular complexity index is 412. The van der Waals surface area contributed by atoms with Crippen molar-refractivity contribution in [1.82, 2.24) is 5.32 Å². The van der Waals surface area contributed by atoms with E-state index in [2.05, 4.69) is 5.32 Å². The molecule has 1 aromatic carbocycles. The van der Waals surface area contributed by atoms with Gasteiger partial charge in [0.15, 0.2) is 0 Å². The van der Waals surface area contributed by atoms with Crippen LogP contribution in [0.2, 0.25) is 0 Å². The van der Waals surface area contributed by atoms with Crippen molar-refractivity contribution in [3.63, 3.8) is 0 Å². The number of nitrogens with two attached hydrogens (primary N) is 1. The molecule has 0 radical (unpaired) electrons. The lowest BCUT2D eigenvalue weighted by atomic mass is 10.1. The van der Waals surface area contributed by atoms with Crippen LogP contribution < -0.4 is 20.5 Å². The molecule has 0 aliphatic carbocycles. The van der Waals surface area contributed by atoms with Crippen LogP contribution in [0.1, 0.15) is 18.6 Å². The molecule has 1 unspecified atom stereocenters. The van der Waals surface area contributed by atoms with E-state index in [0.717, 1.165) is 0 Å². The summed E-state index contributed by atoms with van der Waals surface area (Å²) in [5, 5.41) is 12.6. The number of amides is 1. The van der Waals surface area contributed by atoms with Gasteiger partial charge in [0, 0.05) is 12.6 Å². The van der Waals surface area contributed by atoms with Crippen LogP contribution in [0, 0.1) is 0 Å². The highest BCUT2D eigenvalue weighted by Gasteiger charge is 2.13. The van der Waals surface area contributed by atoms with Gasteiger partial charge in [0.25, 0.3) is 0 Å². The maximum atomic E-state index is 11.3. The second kappa shape index (κ2) is 6.96. The Labute approximate surface area is 112 Å². The maximum Gasteiger partial charge on any atom is 0.236 e. The fraction of sp³-hybridized carbons (Fsp3) is 0.462. The van der Waals surface area contributed by atoms with Crippen molar-refractivity contribution in [1.29, 1.82) is 0 Å². The zero-order valence-corrected chi connectivity index (χ0v) is 11.3. The van der Waals surface area contributed by atoms with Crippen LogP contribution in [0.3, 0.4) is 0 Å². The van der Waals surface area contributed by atoms with Gasteiger partial charge in [-0.1, -0.05) is 0 Å². The lowest BCUT2D eigenvalue weighted by Gasteiger charge is -2.15. The first-order chi connectivity index (χ1) is 8.97. The minimum Gasteiger partial charge on any atom is -0.497 e. The summed E-state index contributed by atoms with van der Waals surface area (Å²) in [7, 11) is 3.06. The first-order valence-electron chi connectivity index (χ1n) is 5.92. The van der Waals surface area contributed by atoms with E-state index in [0.29, 0.717) is 17.1 Å². The second-order valence-corrected chi connectivity index (χ2v) is 4.20. The van der Waals surface area contributed by atoms with E-state index in [9.17, 15) is 9.90 Å². The molecule has 0 bridgehead atoms. The SMILES string of the molecule is COc1cc(OC)cc(C(O)CNC(=O)[C@H](C)N)c1. The number of hydrogen-bond donors (Lipinski definition) is 3. The van der Waals surface area contributed by atoms with Crippen molar-refractivity contribution in [3.8, 4) is 11.5 Å². The smallest absolute Gasteiger partial charge is 0.236 e. The van der Waals surface area contributed by atoms with Gasteiger partial charge in [-0.25, -0.2) is 0 Å². The number of nitrogens with one attached hydrogen (secondary N) is 1. The third kappa shape index (κ3) is 4.42. The first-order valence-corrected chi connectivity index (χ1v) is 5.92. The zero-order valence-electron chi connectivity index (χ0n) is 11.3. The van der Waals surface area contributed by atoms with Crippen molar-refractivity contribution >= 4 is 5.91 Å². The molecule has 4 N–H and O–H groups in total. The van der Waals surface area contributed by atoms with Gasteiger partial charge >= 0.3 is 0 Å². The maximum absolute atomic E-state index is 11.3. The Morgan fingerprint density at radius 2 is 1.84 bits per heavy atom. The van der Waals surface area contributed by atoms with Crippen molar-refractivity contribution < 1.29 is 19.4 Å². The second-order valence-electron chi connectivity index (χ2n) is 4.20. The van der Waals surface area contributed by atoms with Gasteiger partial charge in [-0.15, -0.1) is 0 Å². The van der Waals surface area contributed by atoms with Gasteiger partial charge < -0.3 is 25.6 Å². The Morgan fingerprint density at radius 3 is 2.26 bits per heavy atom. The molecule has 6 heteroatoms. The number of hydrogen-bond acceptors (Lipinski definition) is 5. The van der Waals surface area contributed by atoms with Gasteiger partial charge in [0.05, 0.1) is 26.4 Å². The number of carbonyl (C=O) groups excluding carboxylic acids is 1. The van der Waals surface area contributed by atoms with Gasteiger partial charge in [-0.2, -0.15) is 0 Å². The quantitative estimate of drug-likeness (QED) is 0.685. The summed E-state index contributed by atoms with van der Waals surface area (Å²) in [6.45, 7) is 1.66. The zero-order chi connectivity index (χ0) is 14.4. The number of aliphatic hydroxyl groups excluding tert-OH is 1. The van der Waals surface area contributed by atoms with Crippen LogP contribution in [0.5, 0.6) is 11.5 Å². The van der Waals surface area contributed by atoms with Crippen LogP contribution in [0.15, 0.2) is 18.2 Å². The van der Waals surface area contributed by atoms with E-state index in [1.807, 2.05) is 0 Å². The molecular weight excluding hydrogens is 248 g/mol. The number of aliphatic hydroxyl groups is 1. The fourth-order valence-electron chi connectivity index (χ4n) is 1.50. The molecule has 0 aromatic heterocycles. The van der Waals surface area contributed by atoms with Crippen molar-refractivity contribution in [3.05, 3.63) is 23.8 Å². The van der Waals surface area contributed by atoms with E-state index < -0.39 is 12.1 Å². The van der Waals surface area contributed by atoms with E-state index >= 15 is 0 Å². The number of benzene rings is 1. The number of carbonyl (C=O) groups is 1. The van der Waals surface area contributed by atoms with Crippen LogP contribution >= 0.6 is 0 Å². The summed E-state index contributed by atoms with van der Waals surface area (Å²) in [6, 6.07) is 4.47. The normalized spacial score (nSPS) is 13.5. The molecule has 1 rings (SSSR count). The minimum absolute atomic E-state index is 0.0801. The van der Waals surface area contributed by atoms with Gasteiger partial charge in [-0.05, 0) is 24.6 Å². The molecule has 0 aliphatic heterocycles. The summed E-state index contributed by atoms with van der Waals surface area (Å²) in [4.78, 5) is 11.3. The summed E-state index contributed by atoms with van der Waals surface area (Å²) >= 11 is 0. The van der Waals surface area contributed by atoms with E-state index in [4.69, 9.17) is 15.2 Å². The van der Waals surface area contributed by atoms with Crippen molar-refractivity contribution in [2.75, 3.05) is 20.8 Å². The molecule has 0 fully saturated rings. The molecule has 0 aliphatic rings. The molecule has 106 valence electrons. The lowest BCUT2D eigenvalue weighted by molar-refractivity contribution is -0.122. The summed E-state index contributed by atoms with van der Waals surface area (Å²) in [5.74, 6) is 0.841. The number of ether oxygens (including phenoxy) is 2. The first kappa shape index (κ1) is 15.3. The highest BCUT2D eigenvalue weighted by atomic mass is 16.5. The standard InChI is InChI=1S/C13H20N2O4/c1-8(14)13(17)15-7-12(16)9-4-10(18-2)6-11(5-9)19-3/h4-6,8,12,16H,7,14H2,1-3H3,(H,15,17)/t8-,12?/m0/s1. The third-order valence-corrected chi connectivity index (χ3v) is 2.64. The largest absolute Gasteiger partial charge is 0.497 e. The third-order valence-electron chi connectivity index (χ3n) is 2.64. The predicted molar refractivity (Wildman–Crippen MR) is 71.2 cm³/mol. The van der Waals surface area contributed by atoms with Gasteiger partial charge in [0.2, 0.25) is 5.91 Å². The van der Waals surface area contributed by atoms with Gasteiger partial charge in [0.1, 0.15) is 11.5 Å². The van der Waals surface area contributed by atoms with Crippen LogP contribution in [-0.2, 0) is 4.79 Å². The molecule has 2 atom stereocenters. The van der Waals surface area contributed by atoms with Crippen LogP contribution in [0.4, 0.5) is 0 Å². The summed E-state index contributed by atoms with van der Waals surface area (Å²) < 4.78 is 10.2. The fourth-order valence-corrected chi connectivity index (χ4v) is 1.50. The van der Waals surface area contributed by atoms with Crippen LogP contribution in [-0.4, -0.2) is 37.8 Å². The minimum atomic E-state index is -0.855.